The summed E-state index contributed by atoms with van der Waals surface area (Å²) in [6.07, 6.45) is 0.641. The summed E-state index contributed by atoms with van der Waals surface area (Å²) in [5.41, 5.74) is 2.28. The molecule has 9 heteroatoms. The lowest BCUT2D eigenvalue weighted by molar-refractivity contribution is -0.139. The minimum atomic E-state index is -4.10. The Hall–Kier alpha value is -3.85. The Bertz CT molecular complexity index is 1290. The van der Waals surface area contributed by atoms with Crippen molar-refractivity contribution in [1.82, 2.24) is 5.32 Å². The Morgan fingerprint density at radius 1 is 0.941 bits per heavy atom. The second-order valence-corrected chi connectivity index (χ2v) is 9.31. The SMILES string of the molecule is Cc1ccc(S(=O)(=O)Nc2ccccc2C(=O)NCCc2ccccc2)c(C)c1OCC(=O)O. The third-order valence-corrected chi connectivity index (χ3v) is 6.65. The predicted octanol–water partition coefficient (Wildman–Crippen LogP) is 3.54. The average molecular weight is 483 g/mol. The van der Waals surface area contributed by atoms with Crippen molar-refractivity contribution in [2.24, 2.45) is 0 Å². The first-order chi connectivity index (χ1) is 16.2. The van der Waals surface area contributed by atoms with E-state index < -0.39 is 28.5 Å². The van der Waals surface area contributed by atoms with Crippen LogP contribution in [0.2, 0.25) is 0 Å². The van der Waals surface area contributed by atoms with Crippen molar-refractivity contribution in [3.63, 3.8) is 0 Å². The fraction of sp³-hybridized carbons (Fsp3) is 0.200. The number of amides is 1. The van der Waals surface area contributed by atoms with Gasteiger partial charge in [-0.05, 0) is 49.6 Å². The van der Waals surface area contributed by atoms with Crippen LogP contribution in [0.5, 0.6) is 5.75 Å². The molecular weight excluding hydrogens is 456 g/mol. The summed E-state index contributed by atoms with van der Waals surface area (Å²) < 4.78 is 34.2. The first-order valence-corrected chi connectivity index (χ1v) is 12.1. The maximum absolute atomic E-state index is 13.2. The lowest BCUT2D eigenvalue weighted by Gasteiger charge is -2.17. The highest BCUT2D eigenvalue weighted by atomic mass is 32.2. The minimum absolute atomic E-state index is 0.0715. The number of carbonyl (C=O) groups is 2. The molecule has 0 aromatic heterocycles. The molecule has 0 heterocycles. The van der Waals surface area contributed by atoms with Crippen LogP contribution in [0.3, 0.4) is 0 Å². The molecule has 0 spiro atoms. The van der Waals surface area contributed by atoms with Crippen LogP contribution in [0.25, 0.3) is 0 Å². The number of carboxylic acids is 1. The Kier molecular flexibility index (Phi) is 7.91. The number of nitrogens with one attached hydrogen (secondary N) is 2. The molecule has 178 valence electrons. The summed E-state index contributed by atoms with van der Waals surface area (Å²) in [7, 11) is -4.10. The fourth-order valence-electron chi connectivity index (χ4n) is 3.49. The first-order valence-electron chi connectivity index (χ1n) is 10.6. The van der Waals surface area contributed by atoms with Crippen molar-refractivity contribution in [1.29, 1.82) is 0 Å². The lowest BCUT2D eigenvalue weighted by Crippen LogP contribution is -2.27. The van der Waals surface area contributed by atoms with Gasteiger partial charge in [-0.2, -0.15) is 0 Å². The number of hydrogen-bond acceptors (Lipinski definition) is 5. The van der Waals surface area contributed by atoms with Gasteiger partial charge in [0.1, 0.15) is 5.75 Å². The van der Waals surface area contributed by atoms with Crippen LogP contribution in [-0.4, -0.2) is 38.6 Å². The Balaban J connectivity index is 1.80. The van der Waals surface area contributed by atoms with E-state index >= 15 is 0 Å². The van der Waals surface area contributed by atoms with Crippen LogP contribution in [0.15, 0.2) is 71.6 Å². The van der Waals surface area contributed by atoms with E-state index in [1.807, 2.05) is 30.3 Å². The molecule has 3 aromatic rings. The van der Waals surface area contributed by atoms with Crippen LogP contribution < -0.4 is 14.8 Å². The zero-order valence-electron chi connectivity index (χ0n) is 18.9. The molecule has 34 heavy (non-hydrogen) atoms. The number of para-hydroxylation sites is 1. The Morgan fingerprint density at radius 3 is 2.32 bits per heavy atom. The number of anilines is 1. The number of ether oxygens (including phenoxy) is 1. The molecule has 3 aromatic carbocycles. The van der Waals surface area contributed by atoms with Crippen LogP contribution in [-0.2, 0) is 21.2 Å². The standard InChI is InChI=1S/C25H26N2O6S/c1-17-12-13-22(18(2)24(17)33-16-23(28)29)34(31,32)27-21-11-7-6-10-20(21)25(30)26-15-14-19-8-4-3-5-9-19/h3-13,27H,14-16H2,1-2H3,(H,26,30)(H,28,29). The molecule has 8 nitrogen and oxygen atoms in total. The van der Waals surface area contributed by atoms with Crippen molar-refractivity contribution < 1.29 is 27.9 Å². The molecule has 0 radical (unpaired) electrons. The quantitative estimate of drug-likeness (QED) is 0.406. The summed E-state index contributed by atoms with van der Waals surface area (Å²) in [5, 5.41) is 11.7. The number of rotatable bonds is 10. The molecule has 0 aliphatic rings. The molecule has 0 bridgehead atoms. The first kappa shape index (κ1) is 24.8. The van der Waals surface area contributed by atoms with E-state index in [9.17, 15) is 18.0 Å². The number of sulfonamides is 1. The third-order valence-electron chi connectivity index (χ3n) is 5.14. The van der Waals surface area contributed by atoms with E-state index in [2.05, 4.69) is 10.0 Å². The molecule has 0 saturated carbocycles. The maximum Gasteiger partial charge on any atom is 0.341 e. The van der Waals surface area contributed by atoms with Crippen molar-refractivity contribution in [2.45, 2.75) is 25.2 Å². The van der Waals surface area contributed by atoms with Gasteiger partial charge in [0.2, 0.25) is 0 Å². The number of aliphatic carboxylic acids is 1. The summed E-state index contributed by atoms with van der Waals surface area (Å²) in [4.78, 5) is 23.6. The van der Waals surface area contributed by atoms with E-state index in [0.29, 0.717) is 18.5 Å². The number of aryl methyl sites for hydroxylation is 1. The molecule has 0 saturated heterocycles. The zero-order chi connectivity index (χ0) is 24.7. The van der Waals surface area contributed by atoms with E-state index in [-0.39, 0.29) is 27.5 Å². The number of carbonyl (C=O) groups excluding carboxylic acids is 1. The summed E-state index contributed by atoms with van der Waals surface area (Å²) in [6.45, 7) is 3.04. The maximum atomic E-state index is 13.2. The summed E-state index contributed by atoms with van der Waals surface area (Å²) in [6, 6.07) is 19.0. The van der Waals surface area contributed by atoms with Gasteiger partial charge in [0.05, 0.1) is 16.1 Å². The smallest absolute Gasteiger partial charge is 0.341 e. The molecule has 0 aliphatic heterocycles. The van der Waals surface area contributed by atoms with Crippen LogP contribution in [0.4, 0.5) is 5.69 Å². The second-order valence-electron chi connectivity index (χ2n) is 7.66. The molecule has 0 unspecified atom stereocenters. The van der Waals surface area contributed by atoms with Crippen molar-refractivity contribution >= 4 is 27.6 Å². The van der Waals surface area contributed by atoms with Crippen molar-refractivity contribution in [2.75, 3.05) is 17.9 Å². The Labute approximate surface area is 198 Å². The number of carboxylic acid groups (broad SMARTS) is 1. The second kappa shape index (κ2) is 10.8. The van der Waals surface area contributed by atoms with Crippen LogP contribution in [0.1, 0.15) is 27.0 Å². The molecular formula is C25H26N2O6S. The van der Waals surface area contributed by atoms with E-state index in [1.165, 1.54) is 12.1 Å². The highest BCUT2D eigenvalue weighted by molar-refractivity contribution is 7.92. The molecule has 3 N–H and O–H groups in total. The van der Waals surface area contributed by atoms with Crippen LogP contribution >= 0.6 is 0 Å². The summed E-state index contributed by atoms with van der Waals surface area (Å²) >= 11 is 0. The van der Waals surface area contributed by atoms with Gasteiger partial charge in [-0.3, -0.25) is 9.52 Å². The van der Waals surface area contributed by atoms with Gasteiger partial charge in [0, 0.05) is 12.1 Å². The van der Waals surface area contributed by atoms with Gasteiger partial charge in [-0.25, -0.2) is 13.2 Å². The summed E-state index contributed by atoms with van der Waals surface area (Å²) in [5.74, 6) is -1.38. The normalized spacial score (nSPS) is 11.0. The fourth-order valence-corrected chi connectivity index (χ4v) is 4.81. The predicted molar refractivity (Wildman–Crippen MR) is 129 cm³/mol. The lowest BCUT2D eigenvalue weighted by atomic mass is 10.1. The number of benzene rings is 3. The number of hydrogen-bond donors (Lipinski definition) is 3. The monoisotopic (exact) mass is 482 g/mol. The van der Waals surface area contributed by atoms with Gasteiger partial charge < -0.3 is 15.2 Å². The van der Waals surface area contributed by atoms with Crippen molar-refractivity contribution in [3.05, 3.63) is 89.0 Å². The van der Waals surface area contributed by atoms with Gasteiger partial charge in [-0.1, -0.05) is 48.5 Å². The molecule has 0 fully saturated rings. The van der Waals surface area contributed by atoms with Gasteiger partial charge in [0.25, 0.3) is 15.9 Å². The van der Waals surface area contributed by atoms with E-state index in [0.717, 1.165) is 5.56 Å². The topological polar surface area (TPSA) is 122 Å². The third kappa shape index (κ3) is 6.14. The molecule has 0 aliphatic carbocycles. The Morgan fingerprint density at radius 2 is 1.62 bits per heavy atom. The van der Waals surface area contributed by atoms with Gasteiger partial charge >= 0.3 is 5.97 Å². The molecule has 1 amide bonds. The minimum Gasteiger partial charge on any atom is -0.481 e. The largest absolute Gasteiger partial charge is 0.481 e. The zero-order valence-corrected chi connectivity index (χ0v) is 19.7. The highest BCUT2D eigenvalue weighted by Gasteiger charge is 2.23. The molecule has 0 atom stereocenters. The highest BCUT2D eigenvalue weighted by Crippen LogP contribution is 2.30. The average Bonchev–Trinajstić information content (AvgIpc) is 2.79. The van der Waals surface area contributed by atoms with Crippen LogP contribution in [0, 0.1) is 13.8 Å². The van der Waals surface area contributed by atoms with E-state index in [1.54, 1.807) is 38.1 Å². The van der Waals surface area contributed by atoms with Gasteiger partial charge in [0.15, 0.2) is 6.61 Å². The van der Waals surface area contributed by atoms with Crippen molar-refractivity contribution in [3.8, 4) is 5.75 Å². The van der Waals surface area contributed by atoms with E-state index in [4.69, 9.17) is 9.84 Å². The molecule has 3 rings (SSSR count). The van der Waals surface area contributed by atoms with Gasteiger partial charge in [-0.15, -0.1) is 0 Å².